The Morgan fingerprint density at radius 2 is 1.38 bits per heavy atom. The normalized spacial score (nSPS) is 14.7. The molecule has 0 unspecified atom stereocenters. The van der Waals surface area contributed by atoms with Crippen molar-refractivity contribution in [2.24, 2.45) is 4.99 Å². The number of phenols is 1. The number of rotatable bonds is 5. The second-order valence-electron chi connectivity index (χ2n) is 8.23. The van der Waals surface area contributed by atoms with Crippen LogP contribution in [0.1, 0.15) is 37.7 Å². The van der Waals surface area contributed by atoms with E-state index in [9.17, 15) is 5.11 Å². The Kier molecular flexibility index (Phi) is 9.90. The van der Waals surface area contributed by atoms with Gasteiger partial charge < -0.3 is 5.11 Å². The molecule has 1 N–H and O–H groups in total. The molecule has 0 atom stereocenters. The molecule has 32 heavy (non-hydrogen) atoms. The first-order chi connectivity index (χ1) is 15.6. The Balaban J connectivity index is 0.000000913. The van der Waals surface area contributed by atoms with E-state index < -0.39 is 8.07 Å². The van der Waals surface area contributed by atoms with Crippen LogP contribution in [-0.2, 0) is 13.4 Å². The van der Waals surface area contributed by atoms with Gasteiger partial charge in [0, 0.05) is 17.8 Å². The first-order valence-electron chi connectivity index (χ1n) is 11.0. The number of benzene rings is 3. The molecule has 0 spiro atoms. The summed E-state index contributed by atoms with van der Waals surface area (Å²) < 4.78 is 0. The van der Waals surface area contributed by atoms with Gasteiger partial charge in [-0.3, -0.25) is 4.99 Å². The van der Waals surface area contributed by atoms with Crippen LogP contribution in [0.2, 0.25) is 6.55 Å². The Morgan fingerprint density at radius 3 is 1.91 bits per heavy atom. The molecule has 4 rings (SSSR count). The molecule has 1 aliphatic rings. The molecule has 168 valence electrons. The second kappa shape index (κ2) is 12.6. The van der Waals surface area contributed by atoms with Crippen molar-refractivity contribution in [3.8, 4) is 5.75 Å². The van der Waals surface area contributed by atoms with E-state index in [0.717, 1.165) is 23.6 Å². The molecule has 0 bridgehead atoms. The summed E-state index contributed by atoms with van der Waals surface area (Å²) in [4.78, 5) is 4.81. The summed E-state index contributed by atoms with van der Waals surface area (Å²) in [6.07, 6.45) is 8.08. The number of aromatic hydroxyl groups is 1. The molecule has 0 aromatic heterocycles. The fraction of sp³-hybridized carbons (Fsp3) is 0.269. The summed E-state index contributed by atoms with van der Waals surface area (Å²) in [6, 6.07) is 27.8. The van der Waals surface area contributed by atoms with Gasteiger partial charge in [0.05, 0.1) is 0 Å². The van der Waals surface area contributed by atoms with Gasteiger partial charge in [-0.2, -0.15) is 0 Å². The van der Waals surface area contributed by atoms with Crippen LogP contribution < -0.4 is 15.6 Å². The van der Waals surface area contributed by atoms with Gasteiger partial charge in [0.1, 0.15) is 13.8 Å². The molecule has 1 saturated carbocycles. The van der Waals surface area contributed by atoms with Gasteiger partial charge in [-0.15, -0.1) is 0 Å². The first kappa shape index (κ1) is 25.1. The van der Waals surface area contributed by atoms with E-state index in [1.54, 1.807) is 0 Å². The van der Waals surface area contributed by atoms with Crippen LogP contribution >= 0.6 is 20.1 Å². The quantitative estimate of drug-likeness (QED) is 0.263. The maximum atomic E-state index is 11.3. The predicted molar refractivity (Wildman–Crippen MR) is 138 cm³/mol. The van der Waals surface area contributed by atoms with Crippen LogP contribution in [-0.4, -0.2) is 25.4 Å². The summed E-state index contributed by atoms with van der Waals surface area (Å²) in [5.74, 6) is 0.383. The molecule has 0 amide bonds. The van der Waals surface area contributed by atoms with Crippen molar-refractivity contribution in [2.45, 2.75) is 44.7 Å². The fourth-order valence-corrected chi connectivity index (χ4v) is 8.23. The summed E-state index contributed by atoms with van der Waals surface area (Å²) >= 11 is -0.181. The average Bonchev–Trinajstić information content (AvgIpc) is 2.85. The van der Waals surface area contributed by atoms with E-state index in [2.05, 4.69) is 79.3 Å². The van der Waals surface area contributed by atoms with Crippen LogP contribution in [0.5, 0.6) is 5.75 Å². The third-order valence-electron chi connectivity index (χ3n) is 6.31. The molecule has 6 heteroatoms. The van der Waals surface area contributed by atoms with E-state index in [1.807, 2.05) is 12.3 Å². The number of hydrogen-bond acceptors (Lipinski definition) is 2. The zero-order valence-electron chi connectivity index (χ0n) is 18.3. The van der Waals surface area contributed by atoms with Gasteiger partial charge >= 0.3 is 33.5 Å². The molecule has 0 aliphatic heterocycles. The summed E-state index contributed by atoms with van der Waals surface area (Å²) in [7, 11) is 7.32. The van der Waals surface area contributed by atoms with Crippen molar-refractivity contribution < 1.29 is 18.5 Å². The zero-order chi connectivity index (χ0) is 22.8. The summed E-state index contributed by atoms with van der Waals surface area (Å²) in [5, 5.41) is 15.0. The van der Waals surface area contributed by atoms with Gasteiger partial charge in [0.15, 0.2) is 0 Å². The van der Waals surface area contributed by atoms with E-state index in [1.165, 1.54) is 29.6 Å². The Bertz CT molecular complexity index is 956. The minimum absolute atomic E-state index is 0.181. The summed E-state index contributed by atoms with van der Waals surface area (Å²) in [6.45, 7) is 2.33. The number of hydrogen-bond donors (Lipinski definition) is 1. The van der Waals surface area contributed by atoms with Crippen molar-refractivity contribution in [1.29, 1.82) is 0 Å². The third kappa shape index (κ3) is 6.07. The number of aliphatic imine (C=N–C) groups is 1. The fourth-order valence-electron chi connectivity index (χ4n) is 4.51. The second-order valence-corrected chi connectivity index (χ2v) is 14.3. The van der Waals surface area contributed by atoms with Crippen molar-refractivity contribution >= 4 is 49.9 Å². The van der Waals surface area contributed by atoms with Crippen molar-refractivity contribution in [2.75, 3.05) is 0 Å². The monoisotopic (exact) mass is 521 g/mol. The Hall–Kier alpha value is -1.54. The number of phenolic OH excluding ortho intramolecular Hbond substituents is 1. The number of para-hydroxylation sites is 1. The van der Waals surface area contributed by atoms with Crippen molar-refractivity contribution in [3.63, 3.8) is 0 Å². The molecule has 0 saturated heterocycles. The van der Waals surface area contributed by atoms with Gasteiger partial charge in [0.25, 0.3) is 0 Å². The molecule has 3 aromatic rings. The average molecular weight is 523 g/mol. The number of nitrogens with zero attached hydrogens (tertiary/aromatic N) is 1. The van der Waals surface area contributed by atoms with Crippen LogP contribution in [0, 0.1) is 0 Å². The van der Waals surface area contributed by atoms with Gasteiger partial charge in [-0.05, 0) is 34.5 Å². The molecule has 0 heterocycles. The van der Waals surface area contributed by atoms with Gasteiger partial charge in [-0.25, -0.2) is 0 Å². The topological polar surface area (TPSA) is 32.6 Å². The molecule has 1 aliphatic carbocycles. The molecular weight excluding hydrogens is 493 g/mol. The van der Waals surface area contributed by atoms with Crippen molar-refractivity contribution in [3.05, 3.63) is 84.4 Å². The summed E-state index contributed by atoms with van der Waals surface area (Å²) in [5.41, 5.74) is 0.832. The van der Waals surface area contributed by atoms with Crippen LogP contribution in [0.25, 0.3) is 0 Å². The third-order valence-corrected chi connectivity index (χ3v) is 10.8. The van der Waals surface area contributed by atoms with Crippen LogP contribution in [0.15, 0.2) is 83.9 Å². The van der Waals surface area contributed by atoms with Crippen LogP contribution in [0.4, 0.5) is 0 Å². The molecule has 2 nitrogen and oxygen atoms in total. The Morgan fingerprint density at radius 1 is 0.844 bits per heavy atom. The van der Waals surface area contributed by atoms with E-state index in [0.29, 0.717) is 11.8 Å². The first-order valence-corrected chi connectivity index (χ1v) is 17.0. The maximum absolute atomic E-state index is 11.3. The van der Waals surface area contributed by atoms with Crippen LogP contribution in [0.3, 0.4) is 0 Å². The Labute approximate surface area is 207 Å². The van der Waals surface area contributed by atoms with Crippen molar-refractivity contribution in [1.82, 2.24) is 0 Å². The van der Waals surface area contributed by atoms with E-state index in [-0.39, 0.29) is 13.4 Å². The SMILES string of the molecule is C[Si](c1ccccc1)(c1ccccc1)c1cccc(C=NC2CCCCC2)c1O.[Cl][Cr][Cl]. The van der Waals surface area contributed by atoms with Gasteiger partial charge in [0.2, 0.25) is 0 Å². The molecule has 0 radical (unpaired) electrons. The van der Waals surface area contributed by atoms with Gasteiger partial charge in [-0.1, -0.05) is 98.6 Å². The number of halogens is 2. The van der Waals surface area contributed by atoms with E-state index in [4.69, 9.17) is 25.1 Å². The standard InChI is InChI=1S/C26H29NOSi.2ClH.Cr/c1-29(23-15-7-3-8-16-23,24-17-9-4-10-18-24)25-19-11-12-21(26(25)28)20-27-22-13-5-2-6-14-22;;;/h3-4,7-12,15-20,22,28H,2,5-6,13-14H2,1H3;2*1H;/q;;;+2/p-2. The predicted octanol–water partition coefficient (Wildman–Crippen LogP) is 5.62. The van der Waals surface area contributed by atoms with E-state index >= 15 is 0 Å². The minimum atomic E-state index is -2.33. The molecular formula is C26H29Cl2CrNOSi. The zero-order valence-corrected chi connectivity index (χ0v) is 22.0. The molecule has 1 fully saturated rings. The molecule has 3 aromatic carbocycles.